The van der Waals surface area contributed by atoms with Gasteiger partial charge in [-0.1, -0.05) is 13.8 Å². The minimum atomic E-state index is -0.451. The van der Waals surface area contributed by atoms with Gasteiger partial charge in [-0.05, 0) is 12.3 Å². The van der Waals surface area contributed by atoms with Crippen LogP contribution < -0.4 is 10.6 Å². The zero-order valence-corrected chi connectivity index (χ0v) is 8.51. The van der Waals surface area contributed by atoms with Crippen LogP contribution in [0.25, 0.3) is 0 Å². The molecule has 0 aromatic carbocycles. The molecule has 1 rings (SSSR count). The molecule has 2 N–H and O–H groups in total. The predicted molar refractivity (Wildman–Crippen MR) is 52.8 cm³/mol. The average molecular weight is 201 g/mol. The Bertz CT molecular complexity index is 240. The molecule has 1 heterocycles. The highest BCUT2D eigenvalue weighted by atomic mass is 19.1. The van der Waals surface area contributed by atoms with E-state index in [0.29, 0.717) is 11.9 Å². The third-order valence-corrected chi connectivity index (χ3v) is 1.92. The van der Waals surface area contributed by atoms with Crippen LogP contribution in [0.2, 0.25) is 0 Å². The van der Waals surface area contributed by atoms with Gasteiger partial charge in [0.15, 0.2) is 5.96 Å². The molecule has 0 saturated heterocycles. The standard InChI is InChI=1S/C9H16FN3O/c1-6(2)3-7(4-10)12-9-11-5-8(14)13-9/h6-7H,3-5H2,1-2H3,(H2,11,12,13,14). The summed E-state index contributed by atoms with van der Waals surface area (Å²) in [4.78, 5) is 14.7. The first-order valence-corrected chi connectivity index (χ1v) is 4.78. The molecule has 1 aliphatic rings. The third-order valence-electron chi connectivity index (χ3n) is 1.92. The van der Waals surface area contributed by atoms with Gasteiger partial charge in [0.1, 0.15) is 13.2 Å². The zero-order valence-electron chi connectivity index (χ0n) is 8.51. The molecule has 1 aliphatic heterocycles. The maximum atomic E-state index is 12.5. The van der Waals surface area contributed by atoms with Crippen molar-refractivity contribution in [2.24, 2.45) is 10.9 Å². The van der Waals surface area contributed by atoms with E-state index < -0.39 is 6.67 Å². The molecule has 1 atom stereocenters. The van der Waals surface area contributed by atoms with Gasteiger partial charge >= 0.3 is 0 Å². The largest absolute Gasteiger partial charge is 0.351 e. The number of carbonyl (C=O) groups is 1. The maximum absolute atomic E-state index is 12.5. The van der Waals surface area contributed by atoms with Crippen LogP contribution in [0.5, 0.6) is 0 Å². The minimum Gasteiger partial charge on any atom is -0.351 e. The average Bonchev–Trinajstić information content (AvgIpc) is 2.49. The normalized spacial score (nSPS) is 18.0. The number of nitrogens with zero attached hydrogens (tertiary/aromatic N) is 1. The van der Waals surface area contributed by atoms with Gasteiger partial charge in [0.2, 0.25) is 5.91 Å². The summed E-state index contributed by atoms with van der Waals surface area (Å²) in [6, 6.07) is -0.257. The molecule has 0 aromatic heterocycles. The highest BCUT2D eigenvalue weighted by Gasteiger charge is 2.17. The Morgan fingerprint density at radius 2 is 2.36 bits per heavy atom. The lowest BCUT2D eigenvalue weighted by Crippen LogP contribution is -2.44. The van der Waals surface area contributed by atoms with Gasteiger partial charge in [-0.2, -0.15) is 0 Å². The predicted octanol–water partition coefficient (Wildman–Crippen LogP) is 0.446. The number of aliphatic imine (C=N–C) groups is 1. The lowest BCUT2D eigenvalue weighted by Gasteiger charge is -2.17. The molecule has 5 heteroatoms. The molecule has 14 heavy (non-hydrogen) atoms. The van der Waals surface area contributed by atoms with E-state index in [4.69, 9.17) is 0 Å². The van der Waals surface area contributed by atoms with E-state index in [2.05, 4.69) is 15.6 Å². The molecule has 1 amide bonds. The molecule has 0 spiro atoms. The van der Waals surface area contributed by atoms with Crippen molar-refractivity contribution in [3.8, 4) is 0 Å². The van der Waals surface area contributed by atoms with Crippen LogP contribution in [0.4, 0.5) is 4.39 Å². The van der Waals surface area contributed by atoms with E-state index in [9.17, 15) is 9.18 Å². The van der Waals surface area contributed by atoms with Crippen LogP contribution in [0, 0.1) is 5.92 Å². The van der Waals surface area contributed by atoms with E-state index in [1.54, 1.807) is 0 Å². The van der Waals surface area contributed by atoms with Crippen molar-refractivity contribution in [2.75, 3.05) is 13.2 Å². The molecule has 0 bridgehead atoms. The Labute approximate surface area is 83.0 Å². The van der Waals surface area contributed by atoms with Crippen molar-refractivity contribution in [1.82, 2.24) is 10.6 Å². The van der Waals surface area contributed by atoms with Crippen molar-refractivity contribution >= 4 is 11.9 Å². The Kier molecular flexibility index (Phi) is 3.85. The summed E-state index contributed by atoms with van der Waals surface area (Å²) in [5.74, 6) is 0.675. The lowest BCUT2D eigenvalue weighted by atomic mass is 10.1. The lowest BCUT2D eigenvalue weighted by molar-refractivity contribution is -0.117. The maximum Gasteiger partial charge on any atom is 0.248 e. The number of hydrogen-bond donors (Lipinski definition) is 2. The summed E-state index contributed by atoms with van der Waals surface area (Å²) in [6.07, 6.45) is 0.728. The Balaban J connectivity index is 2.37. The number of guanidine groups is 1. The molecular weight excluding hydrogens is 185 g/mol. The van der Waals surface area contributed by atoms with Crippen molar-refractivity contribution in [1.29, 1.82) is 0 Å². The van der Waals surface area contributed by atoms with E-state index in [1.165, 1.54) is 0 Å². The van der Waals surface area contributed by atoms with Crippen LogP contribution in [-0.2, 0) is 4.79 Å². The van der Waals surface area contributed by atoms with Gasteiger partial charge < -0.3 is 5.32 Å². The van der Waals surface area contributed by atoms with E-state index in [0.717, 1.165) is 6.42 Å². The van der Waals surface area contributed by atoms with Gasteiger partial charge in [0, 0.05) is 0 Å². The fourth-order valence-electron chi connectivity index (χ4n) is 1.37. The molecule has 0 aliphatic carbocycles. The summed E-state index contributed by atoms with van der Waals surface area (Å²) in [5.41, 5.74) is 0. The Morgan fingerprint density at radius 3 is 2.79 bits per heavy atom. The molecular formula is C9H16FN3O. The van der Waals surface area contributed by atoms with Crippen molar-refractivity contribution in [3.63, 3.8) is 0 Å². The Hall–Kier alpha value is -1.13. The van der Waals surface area contributed by atoms with Crippen LogP contribution in [0.1, 0.15) is 20.3 Å². The van der Waals surface area contributed by atoms with Gasteiger partial charge in [-0.25, -0.2) is 9.38 Å². The van der Waals surface area contributed by atoms with Gasteiger partial charge in [0.25, 0.3) is 0 Å². The third kappa shape index (κ3) is 3.32. The molecule has 0 aromatic rings. The van der Waals surface area contributed by atoms with Crippen molar-refractivity contribution in [2.45, 2.75) is 26.3 Å². The smallest absolute Gasteiger partial charge is 0.248 e. The molecule has 0 radical (unpaired) electrons. The number of carbonyl (C=O) groups excluding carboxylic acids is 1. The van der Waals surface area contributed by atoms with Crippen molar-refractivity contribution < 1.29 is 9.18 Å². The highest BCUT2D eigenvalue weighted by Crippen LogP contribution is 2.05. The van der Waals surface area contributed by atoms with Crippen LogP contribution in [0.3, 0.4) is 0 Å². The quantitative estimate of drug-likeness (QED) is 0.693. The van der Waals surface area contributed by atoms with Gasteiger partial charge in [-0.3, -0.25) is 10.1 Å². The first-order chi connectivity index (χ1) is 6.61. The number of hydrogen-bond acceptors (Lipinski definition) is 3. The minimum absolute atomic E-state index is 0.142. The number of amides is 1. The highest BCUT2D eigenvalue weighted by molar-refractivity contribution is 6.02. The second-order valence-electron chi connectivity index (χ2n) is 3.84. The summed E-state index contributed by atoms with van der Waals surface area (Å²) < 4.78 is 12.5. The fraction of sp³-hybridized carbons (Fsp3) is 0.778. The summed E-state index contributed by atoms with van der Waals surface area (Å²) in [6.45, 7) is 3.74. The topological polar surface area (TPSA) is 53.5 Å². The molecule has 1 unspecified atom stereocenters. The number of rotatable bonds is 4. The number of nitrogens with one attached hydrogen (secondary N) is 2. The first kappa shape index (κ1) is 10.9. The van der Waals surface area contributed by atoms with E-state index >= 15 is 0 Å². The molecule has 4 nitrogen and oxygen atoms in total. The summed E-state index contributed by atoms with van der Waals surface area (Å²) in [7, 11) is 0. The monoisotopic (exact) mass is 201 g/mol. The molecule has 0 saturated carbocycles. The van der Waals surface area contributed by atoms with E-state index in [-0.39, 0.29) is 18.5 Å². The fourth-order valence-corrected chi connectivity index (χ4v) is 1.37. The van der Waals surface area contributed by atoms with Gasteiger partial charge in [-0.15, -0.1) is 0 Å². The van der Waals surface area contributed by atoms with Gasteiger partial charge in [0.05, 0.1) is 6.04 Å². The second-order valence-corrected chi connectivity index (χ2v) is 3.84. The SMILES string of the molecule is CC(C)CC(CF)NC1=NCC(=O)N1. The summed E-state index contributed by atoms with van der Waals surface area (Å²) >= 11 is 0. The zero-order chi connectivity index (χ0) is 10.6. The molecule has 80 valence electrons. The first-order valence-electron chi connectivity index (χ1n) is 4.78. The molecule has 0 fully saturated rings. The van der Waals surface area contributed by atoms with Crippen LogP contribution in [0.15, 0.2) is 4.99 Å². The van der Waals surface area contributed by atoms with E-state index in [1.807, 2.05) is 13.8 Å². The number of alkyl halides is 1. The van der Waals surface area contributed by atoms with Crippen LogP contribution in [-0.4, -0.2) is 31.1 Å². The summed E-state index contributed by atoms with van der Waals surface area (Å²) in [5, 5.41) is 5.40. The second kappa shape index (κ2) is 4.93. The number of halogens is 1. The Morgan fingerprint density at radius 1 is 1.64 bits per heavy atom. The van der Waals surface area contributed by atoms with Crippen molar-refractivity contribution in [3.05, 3.63) is 0 Å². The van der Waals surface area contributed by atoms with Crippen LogP contribution >= 0.6 is 0 Å².